The summed E-state index contributed by atoms with van der Waals surface area (Å²) in [5.41, 5.74) is 0. The van der Waals surface area contributed by atoms with E-state index in [1.54, 1.807) is 13.8 Å². The molecule has 0 fully saturated rings. The van der Waals surface area contributed by atoms with E-state index in [9.17, 15) is 13.2 Å². The van der Waals surface area contributed by atoms with E-state index < -0.39 is 12.2 Å². The second kappa shape index (κ2) is 3.95. The normalized spacial score (nSPS) is 15.5. The van der Waals surface area contributed by atoms with Gasteiger partial charge in [-0.1, -0.05) is 13.8 Å². The van der Waals surface area contributed by atoms with Crippen LogP contribution in [0.5, 0.6) is 0 Å². The summed E-state index contributed by atoms with van der Waals surface area (Å²) in [6.07, 6.45) is -2.11. The summed E-state index contributed by atoms with van der Waals surface area (Å²) in [7, 11) is 0. The van der Waals surface area contributed by atoms with Gasteiger partial charge >= 0.3 is 6.05 Å². The zero-order valence-electron chi connectivity index (χ0n) is 7.07. The van der Waals surface area contributed by atoms with Crippen LogP contribution < -0.4 is 0 Å². The Hall–Kier alpha value is -0.250. The van der Waals surface area contributed by atoms with Crippen molar-refractivity contribution in [3.8, 4) is 0 Å². The van der Waals surface area contributed by atoms with Gasteiger partial charge in [-0.3, -0.25) is 0 Å². The molecule has 11 heavy (non-hydrogen) atoms. The SMILES string of the molecule is CCN(CC)C(F)(F)C(C)F. The van der Waals surface area contributed by atoms with Gasteiger partial charge in [0.05, 0.1) is 0 Å². The van der Waals surface area contributed by atoms with Crippen LogP contribution in [0.25, 0.3) is 0 Å². The highest BCUT2D eigenvalue weighted by Crippen LogP contribution is 2.25. The van der Waals surface area contributed by atoms with E-state index in [0.717, 1.165) is 11.8 Å². The van der Waals surface area contributed by atoms with Crippen LogP contribution in [0.4, 0.5) is 13.2 Å². The molecule has 0 saturated heterocycles. The Morgan fingerprint density at radius 1 is 1.27 bits per heavy atom. The molecule has 68 valence electrons. The lowest BCUT2D eigenvalue weighted by atomic mass is 10.3. The van der Waals surface area contributed by atoms with E-state index in [1.807, 2.05) is 0 Å². The molecule has 0 aliphatic rings. The van der Waals surface area contributed by atoms with Crippen LogP contribution in [0.15, 0.2) is 0 Å². The Morgan fingerprint density at radius 3 is 1.73 bits per heavy atom. The highest BCUT2D eigenvalue weighted by atomic mass is 19.3. The minimum atomic E-state index is -3.32. The molecule has 0 aliphatic carbocycles. The maximum Gasteiger partial charge on any atom is 0.335 e. The Kier molecular flexibility index (Phi) is 3.86. The van der Waals surface area contributed by atoms with Gasteiger partial charge in [-0.05, 0) is 6.92 Å². The first-order valence-electron chi connectivity index (χ1n) is 3.73. The topological polar surface area (TPSA) is 3.24 Å². The standard InChI is InChI=1S/C7H14F3N/c1-4-11(5-2)7(9,10)6(3)8/h6H,4-5H2,1-3H3. The van der Waals surface area contributed by atoms with Crippen LogP contribution in [0.1, 0.15) is 20.8 Å². The van der Waals surface area contributed by atoms with Crippen molar-refractivity contribution < 1.29 is 13.2 Å². The molecule has 0 aliphatic heterocycles. The van der Waals surface area contributed by atoms with Crippen LogP contribution >= 0.6 is 0 Å². The highest BCUT2D eigenvalue weighted by molar-refractivity contribution is 4.72. The molecule has 0 bridgehead atoms. The average molecular weight is 169 g/mol. The molecular weight excluding hydrogens is 155 g/mol. The molecule has 0 radical (unpaired) electrons. The van der Waals surface area contributed by atoms with Crippen molar-refractivity contribution >= 4 is 0 Å². The Balaban J connectivity index is 4.24. The minimum Gasteiger partial charge on any atom is -0.243 e. The summed E-state index contributed by atoms with van der Waals surface area (Å²) in [6.45, 7) is 4.37. The predicted octanol–water partition coefficient (Wildman–Crippen LogP) is 2.28. The number of hydrogen-bond donors (Lipinski definition) is 0. The Labute approximate surface area is 65.2 Å². The molecule has 0 N–H and O–H groups in total. The fourth-order valence-electron chi connectivity index (χ4n) is 0.897. The van der Waals surface area contributed by atoms with Gasteiger partial charge in [-0.25, -0.2) is 9.29 Å². The maximum absolute atomic E-state index is 12.8. The molecular formula is C7H14F3N. The van der Waals surface area contributed by atoms with Crippen LogP contribution in [0.2, 0.25) is 0 Å². The smallest absolute Gasteiger partial charge is 0.243 e. The van der Waals surface area contributed by atoms with E-state index >= 15 is 0 Å². The molecule has 0 saturated carbocycles. The second-order valence-electron chi connectivity index (χ2n) is 2.38. The number of hydrogen-bond acceptors (Lipinski definition) is 1. The molecule has 1 nitrogen and oxygen atoms in total. The van der Waals surface area contributed by atoms with Crippen LogP contribution in [-0.2, 0) is 0 Å². The summed E-state index contributed by atoms with van der Waals surface area (Å²) in [5, 5.41) is 0. The van der Waals surface area contributed by atoms with Crippen LogP contribution in [0.3, 0.4) is 0 Å². The van der Waals surface area contributed by atoms with Gasteiger partial charge in [0.25, 0.3) is 0 Å². The van der Waals surface area contributed by atoms with Gasteiger partial charge in [0.2, 0.25) is 0 Å². The monoisotopic (exact) mass is 169 g/mol. The number of rotatable bonds is 4. The van der Waals surface area contributed by atoms with E-state index in [1.165, 1.54) is 0 Å². The molecule has 0 amide bonds. The lowest BCUT2D eigenvalue weighted by Gasteiger charge is -2.29. The molecule has 0 rings (SSSR count). The van der Waals surface area contributed by atoms with Gasteiger partial charge in [0.15, 0.2) is 6.17 Å². The number of alkyl halides is 3. The number of nitrogens with zero attached hydrogens (tertiary/aromatic N) is 1. The average Bonchev–Trinajstić information content (AvgIpc) is 1.89. The molecule has 0 aromatic rings. The fourth-order valence-corrected chi connectivity index (χ4v) is 0.897. The summed E-state index contributed by atoms with van der Waals surface area (Å²) in [6, 6.07) is -3.32. The van der Waals surface area contributed by atoms with Gasteiger partial charge < -0.3 is 0 Å². The van der Waals surface area contributed by atoms with Crippen LogP contribution in [0, 0.1) is 0 Å². The first-order valence-corrected chi connectivity index (χ1v) is 3.73. The third-order valence-corrected chi connectivity index (χ3v) is 1.66. The summed E-state index contributed by atoms with van der Waals surface area (Å²) >= 11 is 0. The van der Waals surface area contributed by atoms with E-state index in [0.29, 0.717) is 0 Å². The fraction of sp³-hybridized carbons (Fsp3) is 1.00. The van der Waals surface area contributed by atoms with Crippen molar-refractivity contribution in [2.45, 2.75) is 33.0 Å². The molecule has 4 heteroatoms. The zero-order valence-corrected chi connectivity index (χ0v) is 7.07. The maximum atomic E-state index is 12.8. The van der Waals surface area contributed by atoms with Crippen LogP contribution in [-0.4, -0.2) is 30.2 Å². The molecule has 0 spiro atoms. The Morgan fingerprint density at radius 2 is 1.64 bits per heavy atom. The molecule has 1 atom stereocenters. The molecule has 1 unspecified atom stereocenters. The van der Waals surface area contributed by atoms with E-state index in [4.69, 9.17) is 0 Å². The van der Waals surface area contributed by atoms with E-state index in [-0.39, 0.29) is 13.1 Å². The lowest BCUT2D eigenvalue weighted by molar-refractivity contribution is -0.183. The highest BCUT2D eigenvalue weighted by Gasteiger charge is 2.41. The Bertz CT molecular complexity index is 110. The van der Waals surface area contributed by atoms with Crippen molar-refractivity contribution in [1.82, 2.24) is 4.90 Å². The van der Waals surface area contributed by atoms with Crippen molar-refractivity contribution in [1.29, 1.82) is 0 Å². The zero-order chi connectivity index (χ0) is 9.07. The molecule has 0 aromatic carbocycles. The van der Waals surface area contributed by atoms with E-state index in [2.05, 4.69) is 0 Å². The summed E-state index contributed by atoms with van der Waals surface area (Å²) in [5.74, 6) is 0. The minimum absolute atomic E-state index is 0.164. The van der Waals surface area contributed by atoms with Crippen molar-refractivity contribution in [2.75, 3.05) is 13.1 Å². The van der Waals surface area contributed by atoms with Gasteiger partial charge in [0.1, 0.15) is 0 Å². The first kappa shape index (κ1) is 10.8. The number of halogens is 3. The third kappa shape index (κ3) is 2.36. The second-order valence-corrected chi connectivity index (χ2v) is 2.38. The largest absolute Gasteiger partial charge is 0.335 e. The summed E-state index contributed by atoms with van der Waals surface area (Å²) < 4.78 is 37.8. The van der Waals surface area contributed by atoms with Crippen molar-refractivity contribution in [3.63, 3.8) is 0 Å². The van der Waals surface area contributed by atoms with Crippen molar-refractivity contribution in [3.05, 3.63) is 0 Å². The lowest BCUT2D eigenvalue weighted by Crippen LogP contribution is -2.47. The van der Waals surface area contributed by atoms with Gasteiger partial charge in [-0.2, -0.15) is 8.78 Å². The van der Waals surface area contributed by atoms with Crippen molar-refractivity contribution in [2.24, 2.45) is 0 Å². The van der Waals surface area contributed by atoms with Gasteiger partial charge in [0, 0.05) is 13.1 Å². The third-order valence-electron chi connectivity index (χ3n) is 1.66. The summed E-state index contributed by atoms with van der Waals surface area (Å²) in [4.78, 5) is 0.803. The first-order chi connectivity index (χ1) is 4.96. The molecule has 0 aromatic heterocycles. The molecule has 0 heterocycles. The van der Waals surface area contributed by atoms with Gasteiger partial charge in [-0.15, -0.1) is 0 Å². The predicted molar refractivity (Wildman–Crippen MR) is 38.4 cm³/mol. The quantitative estimate of drug-likeness (QED) is 0.583.